The predicted molar refractivity (Wildman–Crippen MR) is 95.5 cm³/mol. The molecule has 136 valence electrons. The lowest BCUT2D eigenvalue weighted by molar-refractivity contribution is -0.137. The Labute approximate surface area is 157 Å². The van der Waals surface area contributed by atoms with Crippen molar-refractivity contribution in [3.63, 3.8) is 0 Å². The molecular weight excluding hydrogens is 409 g/mol. The maximum absolute atomic E-state index is 12.7. The van der Waals surface area contributed by atoms with Gasteiger partial charge in [-0.05, 0) is 53.4 Å². The zero-order valence-corrected chi connectivity index (χ0v) is 15.5. The lowest BCUT2D eigenvalue weighted by atomic mass is 9.98. The van der Waals surface area contributed by atoms with Gasteiger partial charge in [0.15, 0.2) is 0 Å². The predicted octanol–water partition coefficient (Wildman–Crippen LogP) is 5.12. The fraction of sp³-hybridized carbons (Fsp3) is 0.278. The van der Waals surface area contributed by atoms with E-state index in [1.807, 2.05) is 25.1 Å². The van der Waals surface area contributed by atoms with E-state index in [4.69, 9.17) is 0 Å². The lowest BCUT2D eigenvalue weighted by Crippen LogP contribution is -2.04. The summed E-state index contributed by atoms with van der Waals surface area (Å²) in [7, 11) is 0. The Kier molecular flexibility index (Phi) is 5.41. The molecule has 1 aromatic heterocycles. The Morgan fingerprint density at radius 1 is 1.08 bits per heavy atom. The monoisotopic (exact) mass is 424 g/mol. The zero-order chi connectivity index (χ0) is 18.7. The topological polar surface area (TPSA) is 43.6 Å². The van der Waals surface area contributed by atoms with Crippen LogP contribution >= 0.6 is 15.9 Å². The standard InChI is InChI=1S/C18H16BrF3N4/c1-2-9-26-24-17(23-25-26)16-11-15(19)8-5-13(16)10-12-3-6-14(7-4-12)18(20,21)22/h3-8,11H,2,9-10H2,1H3. The van der Waals surface area contributed by atoms with Crippen LogP contribution in [0.25, 0.3) is 11.4 Å². The Hall–Kier alpha value is -2.22. The van der Waals surface area contributed by atoms with Crippen LogP contribution in [0.1, 0.15) is 30.0 Å². The fourth-order valence-electron chi connectivity index (χ4n) is 2.59. The summed E-state index contributed by atoms with van der Waals surface area (Å²) in [4.78, 5) is 1.54. The molecule has 26 heavy (non-hydrogen) atoms. The highest BCUT2D eigenvalue weighted by molar-refractivity contribution is 9.10. The molecule has 0 aliphatic carbocycles. The number of hydrogen-bond donors (Lipinski definition) is 0. The highest BCUT2D eigenvalue weighted by atomic mass is 79.9. The quantitative estimate of drug-likeness (QED) is 0.570. The minimum Gasteiger partial charge on any atom is -0.166 e. The minimum atomic E-state index is -4.33. The molecule has 0 amide bonds. The second-order valence-electron chi connectivity index (χ2n) is 5.88. The van der Waals surface area contributed by atoms with Gasteiger partial charge in [0.1, 0.15) is 0 Å². The number of tetrazole rings is 1. The van der Waals surface area contributed by atoms with E-state index in [2.05, 4.69) is 31.3 Å². The highest BCUT2D eigenvalue weighted by Gasteiger charge is 2.29. The van der Waals surface area contributed by atoms with Crippen molar-refractivity contribution in [3.05, 3.63) is 63.6 Å². The van der Waals surface area contributed by atoms with Gasteiger partial charge in [0, 0.05) is 10.0 Å². The third kappa shape index (κ3) is 4.30. The first-order chi connectivity index (χ1) is 12.4. The van der Waals surface area contributed by atoms with Crippen LogP contribution in [0.15, 0.2) is 46.9 Å². The van der Waals surface area contributed by atoms with E-state index in [9.17, 15) is 13.2 Å². The van der Waals surface area contributed by atoms with Crippen LogP contribution in [0.5, 0.6) is 0 Å². The fourth-order valence-corrected chi connectivity index (χ4v) is 2.95. The molecular formula is C18H16BrF3N4. The normalized spacial score (nSPS) is 11.7. The molecule has 0 unspecified atom stereocenters. The summed E-state index contributed by atoms with van der Waals surface area (Å²) in [6.45, 7) is 2.70. The number of aryl methyl sites for hydroxylation is 1. The summed E-state index contributed by atoms with van der Waals surface area (Å²) in [5.74, 6) is 0.502. The zero-order valence-electron chi connectivity index (χ0n) is 14.0. The van der Waals surface area contributed by atoms with Gasteiger partial charge in [-0.3, -0.25) is 0 Å². The molecule has 4 nitrogen and oxygen atoms in total. The third-order valence-corrected chi connectivity index (χ3v) is 4.36. The van der Waals surface area contributed by atoms with Crippen LogP contribution in [0.3, 0.4) is 0 Å². The third-order valence-electron chi connectivity index (χ3n) is 3.87. The van der Waals surface area contributed by atoms with E-state index >= 15 is 0 Å². The second kappa shape index (κ2) is 7.57. The summed E-state index contributed by atoms with van der Waals surface area (Å²) in [6.07, 6.45) is -2.96. The van der Waals surface area contributed by atoms with Gasteiger partial charge in [-0.25, -0.2) is 0 Å². The number of nitrogens with zero attached hydrogens (tertiary/aromatic N) is 4. The Morgan fingerprint density at radius 3 is 2.46 bits per heavy atom. The van der Waals surface area contributed by atoms with E-state index < -0.39 is 11.7 Å². The van der Waals surface area contributed by atoms with E-state index in [1.165, 1.54) is 16.9 Å². The largest absolute Gasteiger partial charge is 0.416 e. The van der Waals surface area contributed by atoms with Gasteiger partial charge >= 0.3 is 6.18 Å². The molecule has 0 N–H and O–H groups in total. The Bertz CT molecular complexity index is 888. The number of hydrogen-bond acceptors (Lipinski definition) is 3. The maximum Gasteiger partial charge on any atom is 0.416 e. The maximum atomic E-state index is 12.7. The first-order valence-corrected chi connectivity index (χ1v) is 8.89. The number of alkyl halides is 3. The summed E-state index contributed by atoms with van der Waals surface area (Å²) in [5, 5.41) is 12.5. The highest BCUT2D eigenvalue weighted by Crippen LogP contribution is 2.30. The molecule has 0 aliphatic rings. The van der Waals surface area contributed by atoms with E-state index in [-0.39, 0.29) is 0 Å². The lowest BCUT2D eigenvalue weighted by Gasteiger charge is -2.10. The van der Waals surface area contributed by atoms with Crippen molar-refractivity contribution in [3.8, 4) is 11.4 Å². The van der Waals surface area contributed by atoms with Gasteiger partial charge in [0.05, 0.1) is 12.1 Å². The first-order valence-electron chi connectivity index (χ1n) is 8.09. The van der Waals surface area contributed by atoms with Crippen LogP contribution < -0.4 is 0 Å². The molecule has 3 rings (SSSR count). The molecule has 8 heteroatoms. The Morgan fingerprint density at radius 2 is 1.81 bits per heavy atom. The van der Waals surface area contributed by atoms with Crippen molar-refractivity contribution >= 4 is 15.9 Å². The van der Waals surface area contributed by atoms with Crippen molar-refractivity contribution < 1.29 is 13.2 Å². The Balaban J connectivity index is 1.90. The molecule has 0 saturated heterocycles. The first kappa shape index (κ1) is 18.6. The molecule has 0 aliphatic heterocycles. The molecule has 0 fully saturated rings. The van der Waals surface area contributed by atoms with Crippen LogP contribution in [0.2, 0.25) is 0 Å². The van der Waals surface area contributed by atoms with Crippen LogP contribution in [-0.4, -0.2) is 20.2 Å². The average Bonchev–Trinajstić information content (AvgIpc) is 3.05. The minimum absolute atomic E-state index is 0.475. The summed E-state index contributed by atoms with van der Waals surface area (Å²) < 4.78 is 39.0. The van der Waals surface area contributed by atoms with Crippen molar-refractivity contribution in [1.29, 1.82) is 0 Å². The van der Waals surface area contributed by atoms with E-state index in [1.54, 1.807) is 0 Å². The molecule has 1 heterocycles. The molecule has 0 bridgehead atoms. The van der Waals surface area contributed by atoms with Crippen molar-refractivity contribution in [2.24, 2.45) is 0 Å². The smallest absolute Gasteiger partial charge is 0.166 e. The van der Waals surface area contributed by atoms with Crippen molar-refractivity contribution in [2.45, 2.75) is 32.5 Å². The van der Waals surface area contributed by atoms with Gasteiger partial charge in [-0.1, -0.05) is 41.1 Å². The average molecular weight is 425 g/mol. The van der Waals surface area contributed by atoms with Crippen LogP contribution in [0, 0.1) is 0 Å². The summed E-state index contributed by atoms with van der Waals surface area (Å²) in [5.41, 5.74) is 1.86. The van der Waals surface area contributed by atoms with Gasteiger partial charge in [0.2, 0.25) is 5.82 Å². The molecule has 0 spiro atoms. The van der Waals surface area contributed by atoms with Crippen LogP contribution in [-0.2, 0) is 19.1 Å². The molecule has 0 radical (unpaired) electrons. The van der Waals surface area contributed by atoms with Gasteiger partial charge in [-0.2, -0.15) is 18.0 Å². The molecule has 2 aromatic carbocycles. The molecule has 0 saturated carbocycles. The van der Waals surface area contributed by atoms with E-state index in [0.717, 1.165) is 39.7 Å². The van der Waals surface area contributed by atoms with Crippen molar-refractivity contribution in [1.82, 2.24) is 20.2 Å². The SMILES string of the molecule is CCCn1nnc(-c2cc(Br)ccc2Cc2ccc(C(F)(F)F)cc2)n1. The number of rotatable bonds is 5. The van der Waals surface area contributed by atoms with Crippen LogP contribution in [0.4, 0.5) is 13.2 Å². The summed E-state index contributed by atoms with van der Waals surface area (Å²) in [6, 6.07) is 10.9. The summed E-state index contributed by atoms with van der Waals surface area (Å²) >= 11 is 3.44. The van der Waals surface area contributed by atoms with Gasteiger partial charge in [0.25, 0.3) is 0 Å². The van der Waals surface area contributed by atoms with Gasteiger partial charge in [-0.15, -0.1) is 10.2 Å². The second-order valence-corrected chi connectivity index (χ2v) is 6.80. The molecule has 3 aromatic rings. The number of halogens is 4. The van der Waals surface area contributed by atoms with E-state index in [0.29, 0.717) is 18.8 Å². The number of benzene rings is 2. The van der Waals surface area contributed by atoms with Crippen molar-refractivity contribution in [2.75, 3.05) is 0 Å². The molecule has 0 atom stereocenters. The van der Waals surface area contributed by atoms with Gasteiger partial charge < -0.3 is 0 Å². The number of aromatic nitrogens is 4.